The molecule has 0 N–H and O–H groups in total. The maximum Gasteiger partial charge on any atom is 0.416 e. The number of nitrogens with zero attached hydrogens (tertiary/aromatic N) is 1. The molecule has 78 valence electrons. The van der Waals surface area contributed by atoms with Crippen LogP contribution >= 0.6 is 0 Å². The number of benzene rings is 1. The second kappa shape index (κ2) is 3.18. The largest absolute Gasteiger partial charge is 0.416 e. The van der Waals surface area contributed by atoms with Crippen LogP contribution in [0.1, 0.15) is 5.56 Å². The van der Waals surface area contributed by atoms with E-state index in [1.807, 2.05) is 0 Å². The number of pyridine rings is 1. The van der Waals surface area contributed by atoms with Crippen LogP contribution in [0.15, 0.2) is 30.5 Å². The van der Waals surface area contributed by atoms with Gasteiger partial charge in [-0.25, -0.2) is 4.39 Å². The van der Waals surface area contributed by atoms with Crippen molar-refractivity contribution in [1.82, 2.24) is 4.98 Å². The summed E-state index contributed by atoms with van der Waals surface area (Å²) >= 11 is 0. The van der Waals surface area contributed by atoms with Crippen molar-refractivity contribution in [2.45, 2.75) is 6.18 Å². The van der Waals surface area contributed by atoms with E-state index in [9.17, 15) is 17.6 Å². The summed E-state index contributed by atoms with van der Waals surface area (Å²) < 4.78 is 49.6. The summed E-state index contributed by atoms with van der Waals surface area (Å²) in [7, 11) is 0. The summed E-state index contributed by atoms with van der Waals surface area (Å²) in [5.41, 5.74) is -0.652. The van der Waals surface area contributed by atoms with Crippen molar-refractivity contribution >= 4 is 10.9 Å². The quantitative estimate of drug-likeness (QED) is 0.614. The van der Waals surface area contributed by atoms with Gasteiger partial charge in [-0.3, -0.25) is 4.98 Å². The van der Waals surface area contributed by atoms with Gasteiger partial charge in [0.2, 0.25) is 0 Å². The molecule has 0 aliphatic rings. The Hall–Kier alpha value is -1.65. The van der Waals surface area contributed by atoms with E-state index >= 15 is 0 Å². The molecule has 2 rings (SSSR count). The van der Waals surface area contributed by atoms with Crippen LogP contribution < -0.4 is 0 Å². The van der Waals surface area contributed by atoms with Crippen molar-refractivity contribution in [3.8, 4) is 0 Å². The minimum atomic E-state index is -4.40. The van der Waals surface area contributed by atoms with Gasteiger partial charge in [0, 0.05) is 5.39 Å². The second-order valence-electron chi connectivity index (χ2n) is 3.06. The number of alkyl halides is 3. The van der Waals surface area contributed by atoms with Crippen LogP contribution in [0.3, 0.4) is 0 Å². The van der Waals surface area contributed by atoms with Crippen LogP contribution in [0.4, 0.5) is 17.6 Å². The molecule has 0 saturated heterocycles. The highest BCUT2D eigenvalue weighted by molar-refractivity contribution is 5.79. The fourth-order valence-electron chi connectivity index (χ4n) is 1.27. The maximum absolute atomic E-state index is 12.7. The highest BCUT2D eigenvalue weighted by Gasteiger charge is 2.30. The van der Waals surface area contributed by atoms with Crippen LogP contribution in [0, 0.1) is 5.82 Å². The van der Waals surface area contributed by atoms with Crippen LogP contribution in [0.25, 0.3) is 10.9 Å². The zero-order chi connectivity index (χ0) is 11.1. The van der Waals surface area contributed by atoms with Gasteiger partial charge in [-0.15, -0.1) is 0 Å². The third-order valence-corrected chi connectivity index (χ3v) is 1.98. The molecule has 2 aromatic rings. The minimum absolute atomic E-state index is 0.131. The average Bonchev–Trinajstić information content (AvgIpc) is 2.15. The number of rotatable bonds is 0. The van der Waals surface area contributed by atoms with Crippen molar-refractivity contribution < 1.29 is 17.6 Å². The number of hydrogen-bond donors (Lipinski definition) is 0. The molecule has 1 aromatic heterocycles. The van der Waals surface area contributed by atoms with Crippen LogP contribution in [-0.4, -0.2) is 4.98 Å². The van der Waals surface area contributed by atoms with Gasteiger partial charge in [0.15, 0.2) is 0 Å². The number of aromatic nitrogens is 1. The Labute approximate surface area is 82.4 Å². The molecule has 1 nitrogen and oxygen atoms in total. The summed E-state index contributed by atoms with van der Waals surface area (Å²) in [6.07, 6.45) is -3.51. The van der Waals surface area contributed by atoms with E-state index in [-0.39, 0.29) is 5.52 Å². The van der Waals surface area contributed by atoms with Gasteiger partial charge in [0.1, 0.15) is 5.82 Å². The molecule has 0 aliphatic heterocycles. The normalized spacial score (nSPS) is 12.0. The molecular formula is C10H5F4N. The Bertz CT molecular complexity index is 504. The molecule has 0 aliphatic carbocycles. The lowest BCUT2D eigenvalue weighted by molar-refractivity contribution is -0.137. The van der Waals surface area contributed by atoms with E-state index in [0.29, 0.717) is 5.39 Å². The van der Waals surface area contributed by atoms with Crippen molar-refractivity contribution in [3.05, 3.63) is 41.8 Å². The lowest BCUT2D eigenvalue weighted by Crippen LogP contribution is -2.04. The predicted octanol–water partition coefficient (Wildman–Crippen LogP) is 3.39. The van der Waals surface area contributed by atoms with Crippen molar-refractivity contribution in [3.63, 3.8) is 0 Å². The molecule has 0 bridgehead atoms. The van der Waals surface area contributed by atoms with Gasteiger partial charge in [-0.05, 0) is 18.2 Å². The first-order valence-electron chi connectivity index (χ1n) is 4.09. The molecule has 0 fully saturated rings. The summed E-state index contributed by atoms with van der Waals surface area (Å²) in [5.74, 6) is -0.567. The zero-order valence-electron chi connectivity index (χ0n) is 7.35. The van der Waals surface area contributed by atoms with E-state index in [0.717, 1.165) is 24.4 Å². The van der Waals surface area contributed by atoms with E-state index < -0.39 is 17.6 Å². The monoisotopic (exact) mass is 215 g/mol. The average molecular weight is 215 g/mol. The van der Waals surface area contributed by atoms with Gasteiger partial charge in [0.25, 0.3) is 0 Å². The van der Waals surface area contributed by atoms with Gasteiger partial charge in [-0.2, -0.15) is 13.2 Å². The van der Waals surface area contributed by atoms with Crippen LogP contribution in [-0.2, 0) is 6.18 Å². The summed E-state index contributed by atoms with van der Waals surface area (Å²) in [5, 5.41) is 0.350. The molecule has 5 heteroatoms. The van der Waals surface area contributed by atoms with Gasteiger partial charge < -0.3 is 0 Å². The standard InChI is InChI=1S/C10H5F4N/c11-8-3-6-1-2-7(10(12,13)14)4-9(6)15-5-8/h1-5H. The molecule has 0 amide bonds. The first kappa shape index (κ1) is 9.89. The predicted molar refractivity (Wildman–Crippen MR) is 46.7 cm³/mol. The summed E-state index contributed by atoms with van der Waals surface area (Å²) in [6, 6.07) is 4.15. The molecule has 0 radical (unpaired) electrons. The molecule has 0 unspecified atom stereocenters. The molecule has 1 heterocycles. The summed E-state index contributed by atoms with van der Waals surface area (Å²) in [6.45, 7) is 0. The first-order chi connectivity index (χ1) is 6.97. The summed E-state index contributed by atoms with van der Waals surface area (Å²) in [4.78, 5) is 3.58. The van der Waals surface area contributed by atoms with Gasteiger partial charge in [0.05, 0.1) is 17.3 Å². The number of fused-ring (bicyclic) bond motifs is 1. The fraction of sp³-hybridized carbons (Fsp3) is 0.100. The molecule has 15 heavy (non-hydrogen) atoms. The van der Waals surface area contributed by atoms with E-state index in [4.69, 9.17) is 0 Å². The van der Waals surface area contributed by atoms with Crippen molar-refractivity contribution in [2.75, 3.05) is 0 Å². The Kier molecular flexibility index (Phi) is 2.10. The number of hydrogen-bond acceptors (Lipinski definition) is 1. The third kappa shape index (κ3) is 1.91. The lowest BCUT2D eigenvalue weighted by atomic mass is 10.1. The van der Waals surface area contributed by atoms with E-state index in [2.05, 4.69) is 4.98 Å². The SMILES string of the molecule is Fc1cnc2cc(C(F)(F)F)ccc2c1. The smallest absolute Gasteiger partial charge is 0.253 e. The van der Waals surface area contributed by atoms with Crippen molar-refractivity contribution in [1.29, 1.82) is 0 Å². The van der Waals surface area contributed by atoms with Crippen LogP contribution in [0.5, 0.6) is 0 Å². The molecule has 0 atom stereocenters. The highest BCUT2D eigenvalue weighted by atomic mass is 19.4. The molecule has 0 saturated carbocycles. The minimum Gasteiger partial charge on any atom is -0.253 e. The Balaban J connectivity index is 2.62. The maximum atomic E-state index is 12.7. The highest BCUT2D eigenvalue weighted by Crippen LogP contribution is 2.30. The zero-order valence-corrected chi connectivity index (χ0v) is 7.35. The Morgan fingerprint density at radius 1 is 1.07 bits per heavy atom. The van der Waals surface area contributed by atoms with E-state index in [1.165, 1.54) is 6.07 Å². The number of halogens is 4. The lowest BCUT2D eigenvalue weighted by Gasteiger charge is -2.06. The molecular weight excluding hydrogens is 210 g/mol. The topological polar surface area (TPSA) is 12.9 Å². The Morgan fingerprint density at radius 2 is 1.80 bits per heavy atom. The van der Waals surface area contributed by atoms with Gasteiger partial charge in [-0.1, -0.05) is 6.07 Å². The fourth-order valence-corrected chi connectivity index (χ4v) is 1.27. The first-order valence-corrected chi connectivity index (χ1v) is 4.09. The van der Waals surface area contributed by atoms with Crippen LogP contribution in [0.2, 0.25) is 0 Å². The van der Waals surface area contributed by atoms with E-state index in [1.54, 1.807) is 0 Å². The molecule has 1 aromatic carbocycles. The third-order valence-electron chi connectivity index (χ3n) is 1.98. The van der Waals surface area contributed by atoms with Gasteiger partial charge >= 0.3 is 6.18 Å². The van der Waals surface area contributed by atoms with Crippen molar-refractivity contribution in [2.24, 2.45) is 0 Å². The Morgan fingerprint density at radius 3 is 2.47 bits per heavy atom. The second-order valence-corrected chi connectivity index (χ2v) is 3.06. The molecule has 0 spiro atoms.